The Bertz CT molecular complexity index is 397. The summed E-state index contributed by atoms with van der Waals surface area (Å²) in [4.78, 5) is 13.9. The molecule has 1 atom stereocenters. The summed E-state index contributed by atoms with van der Waals surface area (Å²) in [6.07, 6.45) is 0.664. The molecule has 0 aromatic heterocycles. The van der Waals surface area contributed by atoms with Crippen LogP contribution in [0.3, 0.4) is 0 Å². The van der Waals surface area contributed by atoms with Gasteiger partial charge in [0.1, 0.15) is 0 Å². The molecular weight excluding hydrogens is 256 g/mol. The summed E-state index contributed by atoms with van der Waals surface area (Å²) < 4.78 is 23.5. The van der Waals surface area contributed by atoms with E-state index in [4.69, 9.17) is 10.9 Å². The van der Waals surface area contributed by atoms with Crippen LogP contribution in [0.2, 0.25) is 0 Å². The van der Waals surface area contributed by atoms with Gasteiger partial charge in [0, 0.05) is 32.7 Å². The van der Waals surface area contributed by atoms with Crippen LogP contribution in [0.25, 0.3) is 0 Å². The third kappa shape index (κ3) is 3.19. The van der Waals surface area contributed by atoms with Gasteiger partial charge >= 0.3 is 0 Å². The number of nitrogens with zero attached hydrogens (tertiary/aromatic N) is 2. The number of piperazine rings is 1. The van der Waals surface area contributed by atoms with Crippen LogP contribution < -0.4 is 10.9 Å². The molecule has 0 aliphatic carbocycles. The van der Waals surface area contributed by atoms with Gasteiger partial charge in [-0.2, -0.15) is 12.7 Å². The number of carbonyl (C=O) groups excluding carboxylic acids is 1. The van der Waals surface area contributed by atoms with Crippen LogP contribution in [0.5, 0.6) is 0 Å². The van der Waals surface area contributed by atoms with E-state index in [9.17, 15) is 13.2 Å². The van der Waals surface area contributed by atoms with Gasteiger partial charge in [0.25, 0.3) is 10.2 Å². The maximum atomic E-state index is 12.3. The minimum atomic E-state index is -3.65. The van der Waals surface area contributed by atoms with E-state index in [-0.39, 0.29) is 25.5 Å². The Morgan fingerprint density at radius 3 is 2.11 bits per heavy atom. The molecule has 0 aromatic rings. The third-order valence-electron chi connectivity index (χ3n) is 3.63. The highest BCUT2D eigenvalue weighted by molar-refractivity contribution is 7.86. The Morgan fingerprint density at radius 2 is 1.78 bits per heavy atom. The summed E-state index contributed by atoms with van der Waals surface area (Å²) >= 11 is 0. The van der Waals surface area contributed by atoms with E-state index >= 15 is 0 Å². The zero-order valence-electron chi connectivity index (χ0n) is 10.9. The van der Waals surface area contributed by atoms with Crippen molar-refractivity contribution in [2.75, 3.05) is 32.7 Å². The zero-order valence-corrected chi connectivity index (χ0v) is 11.7. The summed E-state index contributed by atoms with van der Waals surface area (Å²) in [5, 5.41) is 5.04. The molecule has 1 aliphatic rings. The molecule has 0 aromatic carbocycles. The fourth-order valence-electron chi connectivity index (χ4n) is 1.91. The molecule has 0 spiro atoms. The molecule has 8 heteroatoms. The predicted octanol–water partition coefficient (Wildman–Crippen LogP) is -1.29. The van der Waals surface area contributed by atoms with Crippen LogP contribution in [0.15, 0.2) is 0 Å². The number of rotatable bonds is 4. The Labute approximate surface area is 108 Å². The first-order chi connectivity index (χ1) is 8.24. The molecule has 7 nitrogen and oxygen atoms in total. The summed E-state index contributed by atoms with van der Waals surface area (Å²) in [7, 11) is -3.65. The van der Waals surface area contributed by atoms with Crippen LogP contribution in [-0.2, 0) is 15.0 Å². The van der Waals surface area contributed by atoms with Crippen molar-refractivity contribution < 1.29 is 13.2 Å². The van der Waals surface area contributed by atoms with Crippen molar-refractivity contribution in [1.29, 1.82) is 0 Å². The lowest BCUT2D eigenvalue weighted by molar-refractivity contribution is -0.142. The third-order valence-corrected chi connectivity index (χ3v) is 4.72. The number of hydrogen-bond acceptors (Lipinski definition) is 4. The van der Waals surface area contributed by atoms with E-state index in [1.54, 1.807) is 4.90 Å². The molecule has 18 heavy (non-hydrogen) atoms. The van der Waals surface area contributed by atoms with E-state index in [0.717, 1.165) is 0 Å². The molecule has 0 bridgehead atoms. The summed E-state index contributed by atoms with van der Waals surface area (Å²) in [6, 6.07) is 0. The first-order valence-corrected chi connectivity index (χ1v) is 7.52. The molecule has 1 saturated heterocycles. The smallest absolute Gasteiger partial charge is 0.277 e. The molecule has 4 N–H and O–H groups in total. The van der Waals surface area contributed by atoms with Gasteiger partial charge in [-0.05, 0) is 13.3 Å². The van der Waals surface area contributed by atoms with Crippen LogP contribution >= 0.6 is 0 Å². The second-order valence-corrected chi connectivity index (χ2v) is 6.40. The normalized spacial score (nSPS) is 21.7. The molecule has 0 saturated carbocycles. The summed E-state index contributed by atoms with van der Waals surface area (Å²) in [6.45, 7) is 5.27. The number of hydrogen-bond donors (Lipinski definition) is 2. The molecule has 1 heterocycles. The van der Waals surface area contributed by atoms with Gasteiger partial charge in [-0.3, -0.25) is 4.79 Å². The van der Waals surface area contributed by atoms with Gasteiger partial charge in [0.15, 0.2) is 0 Å². The van der Waals surface area contributed by atoms with Gasteiger partial charge in [-0.25, -0.2) is 5.14 Å². The molecule has 1 rings (SSSR count). The Morgan fingerprint density at radius 1 is 1.28 bits per heavy atom. The van der Waals surface area contributed by atoms with Gasteiger partial charge < -0.3 is 10.6 Å². The number of carbonyl (C=O) groups is 1. The second-order valence-electron chi connectivity index (χ2n) is 4.85. The van der Waals surface area contributed by atoms with Crippen molar-refractivity contribution in [2.45, 2.75) is 20.3 Å². The van der Waals surface area contributed by atoms with Gasteiger partial charge in [-0.15, -0.1) is 0 Å². The van der Waals surface area contributed by atoms with E-state index < -0.39 is 15.6 Å². The van der Waals surface area contributed by atoms with Crippen LogP contribution in [0.1, 0.15) is 20.3 Å². The second kappa shape index (κ2) is 5.52. The maximum Gasteiger partial charge on any atom is 0.277 e. The highest BCUT2D eigenvalue weighted by atomic mass is 32.2. The first-order valence-electron chi connectivity index (χ1n) is 6.02. The SMILES string of the molecule is CCC(C)(CN)C(=O)N1CCN(S(N)(=O)=O)CC1. The van der Waals surface area contributed by atoms with Gasteiger partial charge in [0.2, 0.25) is 5.91 Å². The standard InChI is InChI=1S/C10H22N4O3S/c1-3-10(2,8-11)9(15)13-4-6-14(7-5-13)18(12,16)17/h3-8,11H2,1-2H3,(H2,12,16,17). The lowest BCUT2D eigenvalue weighted by Gasteiger charge is -2.38. The quantitative estimate of drug-likeness (QED) is 0.666. The topological polar surface area (TPSA) is 110 Å². The lowest BCUT2D eigenvalue weighted by atomic mass is 9.86. The Balaban J connectivity index is 2.66. The van der Waals surface area contributed by atoms with Crippen LogP contribution in [0.4, 0.5) is 0 Å². The average molecular weight is 278 g/mol. The van der Waals surface area contributed by atoms with Gasteiger partial charge in [0.05, 0.1) is 5.41 Å². The van der Waals surface area contributed by atoms with Crippen molar-refractivity contribution in [3.8, 4) is 0 Å². The average Bonchev–Trinajstić information content (AvgIpc) is 2.36. The summed E-state index contributed by atoms with van der Waals surface area (Å²) in [5.41, 5.74) is 5.08. The van der Waals surface area contributed by atoms with E-state index in [2.05, 4.69) is 0 Å². The molecule has 1 aliphatic heterocycles. The van der Waals surface area contributed by atoms with Crippen LogP contribution in [0, 0.1) is 5.41 Å². The number of amides is 1. The predicted molar refractivity (Wildman–Crippen MR) is 68.7 cm³/mol. The fourth-order valence-corrected chi connectivity index (χ4v) is 2.58. The highest BCUT2D eigenvalue weighted by Crippen LogP contribution is 2.23. The first kappa shape index (κ1) is 15.4. The van der Waals surface area contributed by atoms with Crippen molar-refractivity contribution >= 4 is 16.1 Å². The van der Waals surface area contributed by atoms with Crippen molar-refractivity contribution in [2.24, 2.45) is 16.3 Å². The minimum Gasteiger partial charge on any atom is -0.340 e. The fraction of sp³-hybridized carbons (Fsp3) is 0.900. The summed E-state index contributed by atoms with van der Waals surface area (Å²) in [5.74, 6) is -0.0124. The van der Waals surface area contributed by atoms with Crippen molar-refractivity contribution in [1.82, 2.24) is 9.21 Å². The highest BCUT2D eigenvalue weighted by Gasteiger charge is 2.36. The molecule has 106 valence electrons. The molecular formula is C10H22N4O3S. The largest absolute Gasteiger partial charge is 0.340 e. The Hall–Kier alpha value is -0.700. The zero-order chi connectivity index (χ0) is 14.0. The molecule has 1 fully saturated rings. The van der Waals surface area contributed by atoms with Gasteiger partial charge in [-0.1, -0.05) is 6.92 Å². The van der Waals surface area contributed by atoms with E-state index in [0.29, 0.717) is 19.5 Å². The van der Waals surface area contributed by atoms with Crippen molar-refractivity contribution in [3.63, 3.8) is 0 Å². The molecule has 1 amide bonds. The Kier molecular flexibility index (Phi) is 4.71. The minimum absolute atomic E-state index is 0.0124. The van der Waals surface area contributed by atoms with E-state index in [1.807, 2.05) is 13.8 Å². The van der Waals surface area contributed by atoms with E-state index in [1.165, 1.54) is 4.31 Å². The lowest BCUT2D eigenvalue weighted by Crippen LogP contribution is -2.56. The molecule has 0 radical (unpaired) electrons. The monoisotopic (exact) mass is 278 g/mol. The van der Waals surface area contributed by atoms with Crippen LogP contribution in [-0.4, -0.2) is 56.3 Å². The van der Waals surface area contributed by atoms with Crippen molar-refractivity contribution in [3.05, 3.63) is 0 Å². The number of nitrogens with two attached hydrogens (primary N) is 2. The maximum absolute atomic E-state index is 12.3. The molecule has 1 unspecified atom stereocenters.